The summed E-state index contributed by atoms with van der Waals surface area (Å²) in [4.78, 5) is 53.4. The quantitative estimate of drug-likeness (QED) is 0.522. The van der Waals surface area contributed by atoms with E-state index in [9.17, 15) is 37.5 Å². The Hall–Kier alpha value is -3.87. The predicted molar refractivity (Wildman–Crippen MR) is 123 cm³/mol. The Morgan fingerprint density at radius 3 is 2.38 bits per heavy atom. The Bertz CT molecular complexity index is 1310. The number of halogens is 3. The summed E-state index contributed by atoms with van der Waals surface area (Å²) in [6.07, 6.45) is -3.06. The third kappa shape index (κ3) is 5.17. The van der Waals surface area contributed by atoms with Crippen LogP contribution in [-0.2, 0) is 35.4 Å². The molecule has 1 aromatic carbocycles. The largest absolute Gasteiger partial charge is 0.506 e. The van der Waals surface area contributed by atoms with Gasteiger partial charge < -0.3 is 25.0 Å². The zero-order chi connectivity index (χ0) is 27.1. The van der Waals surface area contributed by atoms with Crippen LogP contribution < -0.4 is 10.9 Å². The second-order valence-corrected chi connectivity index (χ2v) is 9.14. The van der Waals surface area contributed by atoms with Crippen molar-refractivity contribution in [1.29, 1.82) is 0 Å². The molecular formula is C24H25F3N4O6. The summed E-state index contributed by atoms with van der Waals surface area (Å²) in [5.74, 6) is -3.34. The van der Waals surface area contributed by atoms with Crippen LogP contribution in [0.5, 0.6) is 5.75 Å². The summed E-state index contributed by atoms with van der Waals surface area (Å²) in [7, 11) is 1.82. The summed E-state index contributed by atoms with van der Waals surface area (Å²) in [5.41, 5.74) is -1.79. The fourth-order valence-electron chi connectivity index (χ4n) is 4.77. The van der Waals surface area contributed by atoms with Gasteiger partial charge in [0.15, 0.2) is 0 Å². The van der Waals surface area contributed by atoms with Crippen molar-refractivity contribution in [2.24, 2.45) is 0 Å². The number of hydrogen-bond acceptors (Lipinski definition) is 6. The average molecular weight is 522 g/mol. The molecular weight excluding hydrogens is 497 g/mol. The molecule has 13 heteroatoms. The van der Waals surface area contributed by atoms with Gasteiger partial charge in [0.25, 0.3) is 11.5 Å². The van der Waals surface area contributed by atoms with Gasteiger partial charge >= 0.3 is 12.1 Å². The number of benzene rings is 1. The van der Waals surface area contributed by atoms with Crippen LogP contribution in [0.3, 0.4) is 0 Å². The van der Waals surface area contributed by atoms with E-state index < -0.39 is 47.0 Å². The minimum atomic E-state index is -4.54. The number of carboxylic acid groups (broad SMARTS) is 1. The molecule has 1 atom stereocenters. The van der Waals surface area contributed by atoms with Gasteiger partial charge in [0, 0.05) is 11.3 Å². The molecule has 0 saturated carbocycles. The third-order valence-corrected chi connectivity index (χ3v) is 6.71. The normalized spacial score (nSPS) is 17.6. The van der Waals surface area contributed by atoms with E-state index in [1.807, 2.05) is 17.3 Å². The summed E-state index contributed by atoms with van der Waals surface area (Å²) in [6, 6.07) is 3.76. The Morgan fingerprint density at radius 2 is 1.81 bits per heavy atom. The molecule has 1 fully saturated rings. The molecule has 2 aromatic rings. The Kier molecular flexibility index (Phi) is 7.00. The van der Waals surface area contributed by atoms with Crippen LogP contribution in [0.25, 0.3) is 0 Å². The first-order valence-electron chi connectivity index (χ1n) is 11.5. The SMILES string of the molecule is CN1CCCC1C(=O)N1Cc2c(O)c(C(=O)NCC(=O)O)c(=O)n(Cc3ccc(C(F)(F)F)cc3)c2C1. The van der Waals surface area contributed by atoms with Gasteiger partial charge in [-0.05, 0) is 44.1 Å². The number of nitrogens with one attached hydrogen (secondary N) is 1. The number of likely N-dealkylation sites (tertiary alicyclic amines) is 1. The zero-order valence-corrected chi connectivity index (χ0v) is 19.8. The molecule has 0 radical (unpaired) electrons. The van der Waals surface area contributed by atoms with Gasteiger partial charge in [-0.1, -0.05) is 12.1 Å². The number of carbonyl (C=O) groups excluding carboxylic acids is 2. The monoisotopic (exact) mass is 522 g/mol. The lowest BCUT2D eigenvalue weighted by atomic mass is 10.1. The maximum Gasteiger partial charge on any atom is 0.416 e. The highest BCUT2D eigenvalue weighted by Crippen LogP contribution is 2.34. The number of hydrogen-bond donors (Lipinski definition) is 3. The third-order valence-electron chi connectivity index (χ3n) is 6.71. The van der Waals surface area contributed by atoms with Crippen LogP contribution in [0.1, 0.15) is 45.6 Å². The van der Waals surface area contributed by atoms with Gasteiger partial charge in [-0.2, -0.15) is 13.2 Å². The number of aromatic hydroxyl groups is 1. The van der Waals surface area contributed by atoms with Gasteiger partial charge in [0.1, 0.15) is 17.9 Å². The summed E-state index contributed by atoms with van der Waals surface area (Å²) < 4.78 is 40.0. The molecule has 198 valence electrons. The second-order valence-electron chi connectivity index (χ2n) is 9.14. The number of carboxylic acids is 1. The van der Waals surface area contributed by atoms with E-state index in [0.29, 0.717) is 12.0 Å². The lowest BCUT2D eigenvalue weighted by Crippen LogP contribution is -2.42. The van der Waals surface area contributed by atoms with Gasteiger partial charge in [0.2, 0.25) is 5.91 Å². The van der Waals surface area contributed by atoms with Crippen molar-refractivity contribution in [2.45, 2.75) is 44.7 Å². The zero-order valence-electron chi connectivity index (χ0n) is 19.8. The van der Waals surface area contributed by atoms with Crippen molar-refractivity contribution >= 4 is 17.8 Å². The molecule has 2 aliphatic rings. The van der Waals surface area contributed by atoms with Crippen LogP contribution in [0.15, 0.2) is 29.1 Å². The molecule has 10 nitrogen and oxygen atoms in total. The van der Waals surface area contributed by atoms with Crippen molar-refractivity contribution in [3.05, 3.63) is 62.6 Å². The van der Waals surface area contributed by atoms with E-state index in [1.54, 1.807) is 0 Å². The highest BCUT2D eigenvalue weighted by atomic mass is 19.4. The maximum atomic E-state index is 13.4. The molecule has 0 aliphatic carbocycles. The number of aromatic nitrogens is 1. The summed E-state index contributed by atoms with van der Waals surface area (Å²) >= 11 is 0. The maximum absolute atomic E-state index is 13.4. The smallest absolute Gasteiger partial charge is 0.416 e. The molecule has 37 heavy (non-hydrogen) atoms. The molecule has 2 amide bonds. The lowest BCUT2D eigenvalue weighted by molar-refractivity contribution is -0.138. The highest BCUT2D eigenvalue weighted by Gasteiger charge is 2.38. The lowest BCUT2D eigenvalue weighted by Gasteiger charge is -2.24. The first-order chi connectivity index (χ1) is 17.4. The van der Waals surface area contributed by atoms with Crippen molar-refractivity contribution < 1.29 is 37.8 Å². The van der Waals surface area contributed by atoms with Crippen LogP contribution in [0.4, 0.5) is 13.2 Å². The topological polar surface area (TPSA) is 132 Å². The Balaban J connectivity index is 1.74. The predicted octanol–water partition coefficient (Wildman–Crippen LogP) is 1.37. The van der Waals surface area contributed by atoms with Crippen LogP contribution >= 0.6 is 0 Å². The number of fused-ring (bicyclic) bond motifs is 1. The molecule has 2 aliphatic heterocycles. The number of carbonyl (C=O) groups is 3. The standard InChI is InChI=1S/C24H25F3N4O6/c1-29-8-2-3-16(29)22(36)30-11-15-17(12-30)31(10-13-4-6-14(7-5-13)24(25,26)27)23(37)19(20(15)34)21(35)28-9-18(32)33/h4-7,16,34H,2-3,8-12H2,1H3,(H,28,35)(H,32,33). The van der Waals surface area contributed by atoms with Crippen LogP contribution in [0.2, 0.25) is 0 Å². The molecule has 4 rings (SSSR count). The number of likely N-dealkylation sites (N-methyl/N-ethyl adjacent to an activating group) is 1. The number of amides is 2. The van der Waals surface area contributed by atoms with Gasteiger partial charge in [0.05, 0.1) is 31.2 Å². The van der Waals surface area contributed by atoms with Crippen molar-refractivity contribution in [3.8, 4) is 5.75 Å². The minimum Gasteiger partial charge on any atom is -0.506 e. The van der Waals surface area contributed by atoms with Crippen molar-refractivity contribution in [2.75, 3.05) is 20.1 Å². The molecule has 3 heterocycles. The molecule has 0 bridgehead atoms. The van der Waals surface area contributed by atoms with Crippen LogP contribution in [0, 0.1) is 0 Å². The molecule has 1 aromatic heterocycles. The van der Waals surface area contributed by atoms with E-state index in [0.717, 1.165) is 29.7 Å². The van der Waals surface area contributed by atoms with Gasteiger partial charge in [-0.25, -0.2) is 0 Å². The molecule has 1 unspecified atom stereocenters. The molecule has 3 N–H and O–H groups in total. The minimum absolute atomic E-state index is 0.0427. The van der Waals surface area contributed by atoms with Crippen molar-refractivity contribution in [3.63, 3.8) is 0 Å². The first kappa shape index (κ1) is 26.2. The fraction of sp³-hybridized carbons (Fsp3) is 0.417. The van der Waals surface area contributed by atoms with E-state index in [2.05, 4.69) is 0 Å². The summed E-state index contributed by atoms with van der Waals surface area (Å²) in [5, 5.41) is 21.8. The van der Waals surface area contributed by atoms with Crippen molar-refractivity contribution in [1.82, 2.24) is 19.7 Å². The fourth-order valence-corrected chi connectivity index (χ4v) is 4.77. The Morgan fingerprint density at radius 1 is 1.14 bits per heavy atom. The summed E-state index contributed by atoms with van der Waals surface area (Å²) in [6.45, 7) is -0.415. The molecule has 0 spiro atoms. The Labute approximate surface area is 208 Å². The number of aliphatic carboxylic acids is 1. The average Bonchev–Trinajstić information content (AvgIpc) is 3.47. The van der Waals surface area contributed by atoms with E-state index in [-0.39, 0.29) is 42.8 Å². The van der Waals surface area contributed by atoms with Crippen LogP contribution in [-0.4, -0.2) is 68.5 Å². The number of rotatable bonds is 6. The highest BCUT2D eigenvalue weighted by molar-refractivity contribution is 5.98. The van der Waals surface area contributed by atoms with E-state index in [1.165, 1.54) is 17.0 Å². The number of nitrogens with zero attached hydrogens (tertiary/aromatic N) is 3. The van der Waals surface area contributed by atoms with Gasteiger partial charge in [-0.3, -0.25) is 24.1 Å². The number of alkyl halides is 3. The van der Waals surface area contributed by atoms with Gasteiger partial charge in [-0.15, -0.1) is 0 Å². The van der Waals surface area contributed by atoms with E-state index in [4.69, 9.17) is 5.11 Å². The van der Waals surface area contributed by atoms with E-state index >= 15 is 0 Å². The molecule has 1 saturated heterocycles. The number of pyridine rings is 1. The second kappa shape index (κ2) is 9.88. The first-order valence-corrected chi connectivity index (χ1v) is 11.5.